The zero-order valence-corrected chi connectivity index (χ0v) is 15.4. The summed E-state index contributed by atoms with van der Waals surface area (Å²) >= 11 is 0. The van der Waals surface area contributed by atoms with Gasteiger partial charge in [-0.15, -0.1) is 0 Å². The lowest BCUT2D eigenvalue weighted by molar-refractivity contribution is -0.130. The first-order valence-electron chi connectivity index (χ1n) is 8.54. The maximum atomic E-state index is 12.9. The number of imide groups is 1. The number of nitrogens with zero attached hydrogens (tertiary/aromatic N) is 1. The molecule has 1 saturated heterocycles. The van der Waals surface area contributed by atoms with Crippen LogP contribution in [0.1, 0.15) is 39.5 Å². The van der Waals surface area contributed by atoms with Gasteiger partial charge >= 0.3 is 6.03 Å². The van der Waals surface area contributed by atoms with Crippen LogP contribution < -0.4 is 5.32 Å². The summed E-state index contributed by atoms with van der Waals surface area (Å²) in [5, 5.41) is 2.73. The number of carbonyl (C=O) groups excluding carboxylic acids is 3. The van der Waals surface area contributed by atoms with Gasteiger partial charge in [-0.2, -0.15) is 0 Å². The van der Waals surface area contributed by atoms with Crippen LogP contribution in [0.4, 0.5) is 4.79 Å². The van der Waals surface area contributed by atoms with Crippen molar-refractivity contribution in [2.24, 2.45) is 0 Å². The number of amides is 3. The van der Waals surface area contributed by atoms with Crippen molar-refractivity contribution in [2.45, 2.75) is 33.2 Å². The molecule has 0 aliphatic carbocycles. The summed E-state index contributed by atoms with van der Waals surface area (Å²) < 4.78 is 0. The lowest BCUT2D eigenvalue weighted by Gasteiger charge is -2.22. The molecule has 0 aromatic heterocycles. The molecule has 3 rings (SSSR count). The summed E-state index contributed by atoms with van der Waals surface area (Å²) in [6, 6.07) is 12.4. The van der Waals surface area contributed by atoms with Crippen LogP contribution in [0.3, 0.4) is 0 Å². The highest BCUT2D eigenvalue weighted by Crippen LogP contribution is 2.29. The Morgan fingerprint density at radius 2 is 1.62 bits per heavy atom. The van der Waals surface area contributed by atoms with Crippen molar-refractivity contribution in [1.29, 1.82) is 0 Å². The summed E-state index contributed by atoms with van der Waals surface area (Å²) in [5.41, 5.74) is 3.02. The molecule has 0 radical (unpaired) electrons. The summed E-state index contributed by atoms with van der Waals surface area (Å²) in [7, 11) is 0. The molecule has 26 heavy (non-hydrogen) atoms. The van der Waals surface area contributed by atoms with Crippen LogP contribution in [-0.2, 0) is 10.3 Å². The Hall–Kier alpha value is -2.95. The third-order valence-corrected chi connectivity index (χ3v) is 4.89. The number of ketones is 1. The molecular formula is C21H22N2O3. The Morgan fingerprint density at radius 1 is 1.00 bits per heavy atom. The lowest BCUT2D eigenvalue weighted by Crippen LogP contribution is -2.41. The van der Waals surface area contributed by atoms with E-state index in [0.717, 1.165) is 21.6 Å². The molecule has 5 nitrogen and oxygen atoms in total. The molecule has 1 heterocycles. The second kappa shape index (κ2) is 6.41. The minimum atomic E-state index is -1.16. The van der Waals surface area contributed by atoms with Gasteiger partial charge in [-0.3, -0.25) is 14.5 Å². The van der Waals surface area contributed by atoms with Crippen LogP contribution in [0, 0.1) is 20.8 Å². The maximum absolute atomic E-state index is 12.9. The second-order valence-electron chi connectivity index (χ2n) is 7.05. The van der Waals surface area contributed by atoms with Crippen LogP contribution in [-0.4, -0.2) is 29.2 Å². The van der Waals surface area contributed by atoms with Crippen molar-refractivity contribution in [3.63, 3.8) is 0 Å². The average molecular weight is 350 g/mol. The van der Waals surface area contributed by atoms with Gasteiger partial charge in [0.25, 0.3) is 5.91 Å². The van der Waals surface area contributed by atoms with Crippen molar-refractivity contribution in [2.75, 3.05) is 6.54 Å². The molecule has 2 aromatic carbocycles. The predicted octanol–water partition coefficient (Wildman–Crippen LogP) is 3.26. The number of nitrogens with one attached hydrogen (secondary N) is 1. The predicted molar refractivity (Wildman–Crippen MR) is 99.0 cm³/mol. The third-order valence-electron chi connectivity index (χ3n) is 4.89. The fraction of sp³-hybridized carbons (Fsp3) is 0.286. The highest BCUT2D eigenvalue weighted by atomic mass is 16.2. The second-order valence-corrected chi connectivity index (χ2v) is 7.05. The third kappa shape index (κ3) is 3.01. The molecule has 3 amide bonds. The summed E-state index contributed by atoms with van der Waals surface area (Å²) in [6.45, 7) is 7.15. The van der Waals surface area contributed by atoms with E-state index in [-0.39, 0.29) is 12.3 Å². The molecule has 0 bridgehead atoms. The van der Waals surface area contributed by atoms with E-state index in [1.54, 1.807) is 13.0 Å². The quantitative estimate of drug-likeness (QED) is 0.680. The van der Waals surface area contributed by atoms with Crippen molar-refractivity contribution >= 4 is 17.7 Å². The normalized spacial score (nSPS) is 19.6. The molecule has 1 atom stereocenters. The number of benzene rings is 2. The fourth-order valence-corrected chi connectivity index (χ4v) is 3.28. The zero-order chi connectivity index (χ0) is 19.1. The molecule has 134 valence electrons. The van der Waals surface area contributed by atoms with E-state index in [9.17, 15) is 14.4 Å². The van der Waals surface area contributed by atoms with Crippen LogP contribution >= 0.6 is 0 Å². The molecule has 5 heteroatoms. The summed E-state index contributed by atoms with van der Waals surface area (Å²) in [5.74, 6) is -0.663. The van der Waals surface area contributed by atoms with E-state index in [1.165, 1.54) is 0 Å². The molecule has 0 spiro atoms. The van der Waals surface area contributed by atoms with E-state index in [0.29, 0.717) is 11.1 Å². The van der Waals surface area contributed by atoms with E-state index < -0.39 is 17.5 Å². The van der Waals surface area contributed by atoms with Crippen LogP contribution in [0.15, 0.2) is 42.5 Å². The number of hydrogen-bond donors (Lipinski definition) is 1. The van der Waals surface area contributed by atoms with Crippen LogP contribution in [0.2, 0.25) is 0 Å². The number of aryl methyl sites for hydroxylation is 3. The van der Waals surface area contributed by atoms with E-state index >= 15 is 0 Å². The minimum Gasteiger partial charge on any atom is -0.319 e. The van der Waals surface area contributed by atoms with Crippen LogP contribution in [0.25, 0.3) is 0 Å². The molecule has 2 aromatic rings. The smallest absolute Gasteiger partial charge is 0.319 e. The van der Waals surface area contributed by atoms with Crippen molar-refractivity contribution in [3.05, 3.63) is 70.3 Å². The monoisotopic (exact) mass is 350 g/mol. The van der Waals surface area contributed by atoms with Gasteiger partial charge in [-0.05, 0) is 38.8 Å². The summed E-state index contributed by atoms with van der Waals surface area (Å²) in [6.07, 6.45) is 0. The number of Topliss-reactive ketones (excluding diaryl/α,β-unsaturated/α-hetero) is 1. The largest absolute Gasteiger partial charge is 0.325 e. The molecule has 1 aliphatic heterocycles. The van der Waals surface area contributed by atoms with Gasteiger partial charge in [0.15, 0.2) is 5.78 Å². The molecular weight excluding hydrogens is 328 g/mol. The van der Waals surface area contributed by atoms with Gasteiger partial charge in [-0.1, -0.05) is 53.6 Å². The maximum Gasteiger partial charge on any atom is 0.325 e. The average Bonchev–Trinajstić information content (AvgIpc) is 2.79. The molecule has 0 saturated carbocycles. The fourth-order valence-electron chi connectivity index (χ4n) is 3.28. The zero-order valence-electron chi connectivity index (χ0n) is 15.4. The first-order chi connectivity index (χ1) is 12.2. The first-order valence-corrected chi connectivity index (χ1v) is 8.54. The molecule has 1 fully saturated rings. The minimum absolute atomic E-state index is 0.251. The van der Waals surface area contributed by atoms with E-state index in [4.69, 9.17) is 0 Å². The van der Waals surface area contributed by atoms with Gasteiger partial charge in [0.05, 0.1) is 6.54 Å². The van der Waals surface area contributed by atoms with Crippen LogP contribution in [0.5, 0.6) is 0 Å². The van der Waals surface area contributed by atoms with Crippen molar-refractivity contribution in [1.82, 2.24) is 10.2 Å². The van der Waals surface area contributed by atoms with Gasteiger partial charge in [0, 0.05) is 5.56 Å². The number of rotatable bonds is 4. The first kappa shape index (κ1) is 17.9. The summed E-state index contributed by atoms with van der Waals surface area (Å²) in [4.78, 5) is 39.0. The molecule has 1 N–H and O–H groups in total. The Kier molecular flexibility index (Phi) is 4.40. The topological polar surface area (TPSA) is 66.5 Å². The van der Waals surface area contributed by atoms with Gasteiger partial charge in [0.2, 0.25) is 0 Å². The number of carbonyl (C=O) groups is 3. The Morgan fingerprint density at radius 3 is 2.23 bits per heavy atom. The van der Waals surface area contributed by atoms with Crippen molar-refractivity contribution in [3.8, 4) is 0 Å². The Bertz CT molecular complexity index is 902. The van der Waals surface area contributed by atoms with Gasteiger partial charge in [0.1, 0.15) is 5.54 Å². The van der Waals surface area contributed by atoms with Gasteiger partial charge in [-0.25, -0.2) is 4.79 Å². The SMILES string of the molecule is Cc1ccc([C@@]2(C)NC(=O)N(CC(=O)c3ccc(C)cc3C)C2=O)cc1. The number of hydrogen-bond acceptors (Lipinski definition) is 3. The molecule has 0 unspecified atom stereocenters. The highest BCUT2D eigenvalue weighted by molar-refractivity contribution is 6.11. The standard InChI is InChI=1S/C21H22N2O3/c1-13-5-8-16(9-6-13)21(4)19(25)23(20(26)22-21)12-18(24)17-10-7-14(2)11-15(17)3/h5-11H,12H2,1-4H3,(H,22,26)/t21-/m1/s1. The molecule has 1 aliphatic rings. The highest BCUT2D eigenvalue weighted by Gasteiger charge is 2.49. The van der Waals surface area contributed by atoms with E-state index in [1.807, 2.05) is 57.2 Å². The Balaban J connectivity index is 1.85. The lowest BCUT2D eigenvalue weighted by atomic mass is 9.91. The number of urea groups is 1. The van der Waals surface area contributed by atoms with Gasteiger partial charge < -0.3 is 5.32 Å². The Labute approximate surface area is 153 Å². The van der Waals surface area contributed by atoms with E-state index in [2.05, 4.69) is 5.32 Å². The van der Waals surface area contributed by atoms with Crippen molar-refractivity contribution < 1.29 is 14.4 Å².